The van der Waals surface area contributed by atoms with Gasteiger partial charge in [0, 0.05) is 22.2 Å². The summed E-state index contributed by atoms with van der Waals surface area (Å²) in [5.41, 5.74) is 0.986. The largest absolute Gasteiger partial charge is 0.488 e. The van der Waals surface area contributed by atoms with E-state index in [1.54, 1.807) is 60.7 Å². The number of nitrogens with zero attached hydrogens (tertiary/aromatic N) is 2. The molecule has 4 amide bonds. The third-order valence-corrected chi connectivity index (χ3v) is 5.40. The van der Waals surface area contributed by atoms with Crippen molar-refractivity contribution in [1.29, 1.82) is 0 Å². The fourth-order valence-electron chi connectivity index (χ4n) is 3.31. The van der Waals surface area contributed by atoms with Gasteiger partial charge in [-0.25, -0.2) is 9.69 Å². The number of amides is 4. The van der Waals surface area contributed by atoms with Gasteiger partial charge < -0.3 is 4.74 Å². The molecule has 1 aliphatic rings. The van der Waals surface area contributed by atoms with Crippen LogP contribution in [-0.4, -0.2) is 22.8 Å². The highest BCUT2D eigenvalue weighted by Gasteiger charge is 2.36. The first-order chi connectivity index (χ1) is 16.3. The van der Waals surface area contributed by atoms with Gasteiger partial charge in [-0.3, -0.25) is 25.0 Å². The number of carbonyl (C=O) groups is 3. The maximum Gasteiger partial charge on any atom is 0.335 e. The van der Waals surface area contributed by atoms with E-state index in [-0.39, 0.29) is 17.9 Å². The number of rotatable bonds is 6. The molecule has 3 aromatic carbocycles. The van der Waals surface area contributed by atoms with Crippen LogP contribution in [0, 0.1) is 10.1 Å². The average molecular weight is 522 g/mol. The van der Waals surface area contributed by atoms with Crippen molar-refractivity contribution in [3.05, 3.63) is 104 Å². The zero-order valence-corrected chi connectivity index (χ0v) is 19.0. The Kier molecular flexibility index (Phi) is 6.51. The van der Waals surface area contributed by atoms with Crippen molar-refractivity contribution in [2.24, 2.45) is 0 Å². The molecule has 3 aromatic rings. The van der Waals surface area contributed by atoms with Gasteiger partial charge in [-0.1, -0.05) is 46.3 Å². The standard InChI is InChI=1S/C24H16BrN3O6/c25-17-9-10-21(34-14-15-5-4-8-19(11-15)28(32)33)16(12-17)13-20-22(29)26-24(31)27(23(20)30)18-6-2-1-3-7-18/h1-13H,14H2,(H,26,29,31)/b20-13+. The molecule has 1 heterocycles. The summed E-state index contributed by atoms with van der Waals surface area (Å²) in [7, 11) is 0. The third-order valence-electron chi connectivity index (χ3n) is 4.90. The van der Waals surface area contributed by atoms with Crippen LogP contribution >= 0.6 is 15.9 Å². The molecule has 1 fully saturated rings. The predicted octanol–water partition coefficient (Wildman–Crippen LogP) is 4.60. The minimum atomic E-state index is -0.838. The van der Waals surface area contributed by atoms with Crippen molar-refractivity contribution in [3.63, 3.8) is 0 Å². The SMILES string of the molecule is O=C1NC(=O)N(c2ccccc2)C(=O)/C1=C/c1cc(Br)ccc1OCc1cccc([N+](=O)[O-])c1. The summed E-state index contributed by atoms with van der Waals surface area (Å²) >= 11 is 3.36. The van der Waals surface area contributed by atoms with E-state index in [1.807, 2.05) is 0 Å². The van der Waals surface area contributed by atoms with E-state index in [0.29, 0.717) is 27.0 Å². The Bertz CT molecular complexity index is 1340. The fraction of sp³-hybridized carbons (Fsp3) is 0.0417. The minimum Gasteiger partial charge on any atom is -0.488 e. The second-order valence-electron chi connectivity index (χ2n) is 7.19. The van der Waals surface area contributed by atoms with Crippen molar-refractivity contribution in [3.8, 4) is 5.75 Å². The summed E-state index contributed by atoms with van der Waals surface area (Å²) < 4.78 is 6.51. The molecule has 1 aliphatic heterocycles. The van der Waals surface area contributed by atoms with E-state index < -0.39 is 22.8 Å². The Hall–Kier alpha value is -4.31. The van der Waals surface area contributed by atoms with Gasteiger partial charge in [-0.15, -0.1) is 0 Å². The first-order valence-corrected chi connectivity index (χ1v) is 10.7. The molecule has 1 saturated heterocycles. The van der Waals surface area contributed by atoms with Crippen molar-refractivity contribution in [2.75, 3.05) is 4.90 Å². The lowest BCUT2D eigenvalue weighted by atomic mass is 10.1. The summed E-state index contributed by atoms with van der Waals surface area (Å²) in [5.74, 6) is -1.26. The Morgan fingerprint density at radius 1 is 1.00 bits per heavy atom. The van der Waals surface area contributed by atoms with Crippen molar-refractivity contribution < 1.29 is 24.0 Å². The number of benzene rings is 3. The molecule has 34 heavy (non-hydrogen) atoms. The third kappa shape index (κ3) is 4.86. The second kappa shape index (κ2) is 9.67. The molecule has 170 valence electrons. The average Bonchev–Trinajstić information content (AvgIpc) is 2.82. The summed E-state index contributed by atoms with van der Waals surface area (Å²) in [5, 5.41) is 13.2. The molecule has 0 saturated carbocycles. The lowest BCUT2D eigenvalue weighted by Crippen LogP contribution is -2.54. The molecule has 0 unspecified atom stereocenters. The Morgan fingerprint density at radius 3 is 2.50 bits per heavy atom. The van der Waals surface area contributed by atoms with E-state index in [1.165, 1.54) is 18.2 Å². The highest BCUT2D eigenvalue weighted by atomic mass is 79.9. The number of hydrogen-bond acceptors (Lipinski definition) is 6. The van der Waals surface area contributed by atoms with Crippen LogP contribution in [0.3, 0.4) is 0 Å². The lowest BCUT2D eigenvalue weighted by Gasteiger charge is -2.26. The van der Waals surface area contributed by atoms with E-state index >= 15 is 0 Å². The summed E-state index contributed by atoms with van der Waals surface area (Å²) in [6.45, 7) is 0.0221. The minimum absolute atomic E-state index is 0.0221. The molecule has 0 atom stereocenters. The van der Waals surface area contributed by atoms with Gasteiger partial charge in [0.2, 0.25) is 0 Å². The molecule has 0 bridgehead atoms. The number of imide groups is 2. The topological polar surface area (TPSA) is 119 Å². The van der Waals surface area contributed by atoms with Crippen LogP contribution in [0.25, 0.3) is 6.08 Å². The number of anilines is 1. The molecule has 4 rings (SSSR count). The van der Waals surface area contributed by atoms with E-state index in [0.717, 1.165) is 4.90 Å². The summed E-state index contributed by atoms with van der Waals surface area (Å²) in [6, 6.07) is 18.4. The van der Waals surface area contributed by atoms with Crippen molar-refractivity contribution in [2.45, 2.75) is 6.61 Å². The van der Waals surface area contributed by atoms with E-state index in [2.05, 4.69) is 21.2 Å². The molecular weight excluding hydrogens is 506 g/mol. The number of non-ortho nitro benzene ring substituents is 1. The molecule has 0 spiro atoms. The molecule has 0 aliphatic carbocycles. The number of nitro benzene ring substituents is 1. The van der Waals surface area contributed by atoms with Gasteiger partial charge in [0.1, 0.15) is 17.9 Å². The van der Waals surface area contributed by atoms with Crippen LogP contribution in [-0.2, 0) is 16.2 Å². The Labute approximate surface area is 201 Å². The summed E-state index contributed by atoms with van der Waals surface area (Å²) in [4.78, 5) is 49.3. The highest BCUT2D eigenvalue weighted by molar-refractivity contribution is 9.10. The molecule has 0 radical (unpaired) electrons. The molecule has 9 nitrogen and oxygen atoms in total. The van der Waals surface area contributed by atoms with Crippen LogP contribution in [0.2, 0.25) is 0 Å². The Balaban J connectivity index is 1.65. The maximum atomic E-state index is 13.1. The zero-order valence-electron chi connectivity index (χ0n) is 17.4. The molecule has 0 aromatic heterocycles. The van der Waals surface area contributed by atoms with Crippen LogP contribution in [0.1, 0.15) is 11.1 Å². The fourth-order valence-corrected chi connectivity index (χ4v) is 3.69. The monoisotopic (exact) mass is 521 g/mol. The van der Waals surface area contributed by atoms with Gasteiger partial charge in [0.05, 0.1) is 10.6 Å². The number of carbonyl (C=O) groups excluding carboxylic acids is 3. The van der Waals surface area contributed by atoms with Crippen LogP contribution < -0.4 is 15.0 Å². The number of nitro groups is 1. The quantitative estimate of drug-likeness (QED) is 0.219. The maximum absolute atomic E-state index is 13.1. The molecule has 1 N–H and O–H groups in total. The predicted molar refractivity (Wildman–Crippen MR) is 127 cm³/mol. The number of ether oxygens (including phenoxy) is 1. The number of hydrogen-bond donors (Lipinski definition) is 1. The van der Waals surface area contributed by atoms with Crippen molar-refractivity contribution >= 4 is 51.2 Å². The first kappa shape index (κ1) is 22.9. The Morgan fingerprint density at radius 2 is 1.76 bits per heavy atom. The van der Waals surface area contributed by atoms with Gasteiger partial charge >= 0.3 is 6.03 Å². The molecular formula is C24H16BrN3O6. The number of para-hydroxylation sites is 1. The van der Waals surface area contributed by atoms with Crippen LogP contribution in [0.15, 0.2) is 82.8 Å². The highest BCUT2D eigenvalue weighted by Crippen LogP contribution is 2.29. The van der Waals surface area contributed by atoms with Crippen LogP contribution in [0.4, 0.5) is 16.2 Å². The van der Waals surface area contributed by atoms with Gasteiger partial charge in [-0.2, -0.15) is 0 Å². The number of barbiturate groups is 1. The smallest absolute Gasteiger partial charge is 0.335 e. The van der Waals surface area contributed by atoms with Gasteiger partial charge in [0.15, 0.2) is 0 Å². The van der Waals surface area contributed by atoms with Gasteiger partial charge in [0.25, 0.3) is 17.5 Å². The van der Waals surface area contributed by atoms with Crippen molar-refractivity contribution in [1.82, 2.24) is 5.32 Å². The van der Waals surface area contributed by atoms with Gasteiger partial charge in [-0.05, 0) is 42.0 Å². The zero-order chi connectivity index (χ0) is 24.2. The van der Waals surface area contributed by atoms with E-state index in [4.69, 9.17) is 4.74 Å². The lowest BCUT2D eigenvalue weighted by molar-refractivity contribution is -0.384. The number of halogens is 1. The number of urea groups is 1. The van der Waals surface area contributed by atoms with E-state index in [9.17, 15) is 24.5 Å². The summed E-state index contributed by atoms with van der Waals surface area (Å²) in [6.07, 6.45) is 1.34. The second-order valence-corrected chi connectivity index (χ2v) is 8.11. The molecule has 10 heteroatoms. The normalized spacial score (nSPS) is 14.8. The number of nitrogens with one attached hydrogen (secondary N) is 1. The first-order valence-electron chi connectivity index (χ1n) is 9.95. The van der Waals surface area contributed by atoms with Crippen LogP contribution in [0.5, 0.6) is 5.75 Å².